The average Bonchev–Trinajstić information content (AvgIpc) is 3.12. The lowest BCUT2D eigenvalue weighted by atomic mass is 10.2. The molecule has 0 aliphatic carbocycles. The zero-order valence-electron chi connectivity index (χ0n) is 11.6. The first-order valence-corrected chi connectivity index (χ1v) is 7.25. The number of aromatic nitrogens is 2. The Kier molecular flexibility index (Phi) is 3.60. The zero-order chi connectivity index (χ0) is 15.7. The standard InChI is InChI=1S/C14H11N3O4S/c1-9-4-13(18)16(6-12(9)17(19)20)5-11-8-22-14(15-11)10-2-3-21-7-10/h2-4,6-8H,5H2,1H3. The molecule has 8 heteroatoms. The van der Waals surface area contributed by atoms with E-state index in [1.807, 2.05) is 5.38 Å². The molecule has 0 unspecified atom stereocenters. The number of aryl methyl sites for hydroxylation is 1. The van der Waals surface area contributed by atoms with Crippen LogP contribution < -0.4 is 5.56 Å². The minimum atomic E-state index is -0.497. The maximum atomic E-state index is 12.0. The Morgan fingerprint density at radius 1 is 1.50 bits per heavy atom. The van der Waals surface area contributed by atoms with E-state index in [1.54, 1.807) is 25.5 Å². The predicted octanol–water partition coefficient (Wildman–Crippen LogP) is 2.83. The van der Waals surface area contributed by atoms with Crippen LogP contribution in [0, 0.1) is 17.0 Å². The van der Waals surface area contributed by atoms with Gasteiger partial charge in [0.05, 0.1) is 29.6 Å². The Balaban J connectivity index is 1.92. The number of pyridine rings is 1. The second-order valence-corrected chi connectivity index (χ2v) is 5.58. The van der Waals surface area contributed by atoms with Gasteiger partial charge in [-0.2, -0.15) is 0 Å². The highest BCUT2D eigenvalue weighted by atomic mass is 32.1. The third-order valence-electron chi connectivity index (χ3n) is 3.15. The molecule has 0 fully saturated rings. The molecule has 7 nitrogen and oxygen atoms in total. The van der Waals surface area contributed by atoms with Crippen LogP contribution in [0.15, 0.2) is 45.4 Å². The Morgan fingerprint density at radius 3 is 3.00 bits per heavy atom. The molecule has 0 aromatic carbocycles. The molecule has 112 valence electrons. The number of nitrogens with zero attached hydrogens (tertiary/aromatic N) is 3. The van der Waals surface area contributed by atoms with Gasteiger partial charge in [-0.25, -0.2) is 4.98 Å². The Hall–Kier alpha value is -2.74. The van der Waals surface area contributed by atoms with Gasteiger partial charge in [-0.05, 0) is 13.0 Å². The summed E-state index contributed by atoms with van der Waals surface area (Å²) >= 11 is 1.43. The summed E-state index contributed by atoms with van der Waals surface area (Å²) in [4.78, 5) is 26.8. The highest BCUT2D eigenvalue weighted by molar-refractivity contribution is 7.13. The molecule has 22 heavy (non-hydrogen) atoms. The van der Waals surface area contributed by atoms with Crippen LogP contribution in [0.1, 0.15) is 11.3 Å². The largest absolute Gasteiger partial charge is 0.472 e. The summed E-state index contributed by atoms with van der Waals surface area (Å²) in [5.41, 5.74) is 1.51. The molecule has 0 aliphatic heterocycles. The van der Waals surface area contributed by atoms with Gasteiger partial charge in [0.15, 0.2) is 0 Å². The van der Waals surface area contributed by atoms with E-state index in [-0.39, 0.29) is 17.8 Å². The van der Waals surface area contributed by atoms with Crippen molar-refractivity contribution in [2.75, 3.05) is 0 Å². The third kappa shape index (κ3) is 2.68. The lowest BCUT2D eigenvalue weighted by molar-refractivity contribution is -0.385. The molecule has 0 radical (unpaired) electrons. The molecule has 0 amide bonds. The number of nitro groups is 1. The molecule has 0 saturated carbocycles. The second kappa shape index (κ2) is 5.57. The zero-order valence-corrected chi connectivity index (χ0v) is 12.4. The van der Waals surface area contributed by atoms with E-state index >= 15 is 0 Å². The molecule has 3 aromatic rings. The van der Waals surface area contributed by atoms with Crippen molar-refractivity contribution in [2.24, 2.45) is 0 Å². The van der Waals surface area contributed by atoms with Crippen molar-refractivity contribution >= 4 is 17.0 Å². The molecule has 3 rings (SSSR count). The normalized spacial score (nSPS) is 10.8. The molecule has 0 bridgehead atoms. The summed E-state index contributed by atoms with van der Waals surface area (Å²) in [6.07, 6.45) is 4.41. The van der Waals surface area contributed by atoms with Crippen molar-refractivity contribution in [1.29, 1.82) is 0 Å². The molecule has 0 aliphatic rings. The van der Waals surface area contributed by atoms with Crippen molar-refractivity contribution < 1.29 is 9.34 Å². The maximum absolute atomic E-state index is 12.0. The van der Waals surface area contributed by atoms with E-state index in [0.717, 1.165) is 10.6 Å². The summed E-state index contributed by atoms with van der Waals surface area (Å²) in [6, 6.07) is 3.06. The Bertz CT molecular complexity index is 880. The highest BCUT2D eigenvalue weighted by Crippen LogP contribution is 2.24. The third-order valence-corrected chi connectivity index (χ3v) is 4.09. The van der Waals surface area contributed by atoms with Crippen molar-refractivity contribution in [3.8, 4) is 10.6 Å². The number of furan rings is 1. The monoisotopic (exact) mass is 317 g/mol. The van der Waals surface area contributed by atoms with Crippen LogP contribution in [0.25, 0.3) is 10.6 Å². The predicted molar refractivity (Wildman–Crippen MR) is 81.0 cm³/mol. The van der Waals surface area contributed by atoms with Crippen LogP contribution in [0.4, 0.5) is 5.69 Å². The van der Waals surface area contributed by atoms with Gasteiger partial charge in [0.1, 0.15) is 11.3 Å². The van der Waals surface area contributed by atoms with Gasteiger partial charge in [0.2, 0.25) is 0 Å². The molecule has 0 saturated heterocycles. The molecular weight excluding hydrogens is 306 g/mol. The summed E-state index contributed by atoms with van der Waals surface area (Å²) in [5, 5.41) is 13.6. The van der Waals surface area contributed by atoms with Crippen molar-refractivity contribution in [3.63, 3.8) is 0 Å². The molecular formula is C14H11N3O4S. The summed E-state index contributed by atoms with van der Waals surface area (Å²) in [6.45, 7) is 1.73. The van der Waals surface area contributed by atoms with Crippen LogP contribution >= 0.6 is 11.3 Å². The van der Waals surface area contributed by atoms with E-state index in [0.29, 0.717) is 11.3 Å². The van der Waals surface area contributed by atoms with E-state index in [2.05, 4.69) is 4.98 Å². The van der Waals surface area contributed by atoms with E-state index < -0.39 is 4.92 Å². The molecule has 3 heterocycles. The number of rotatable bonds is 4. The topological polar surface area (TPSA) is 91.2 Å². The van der Waals surface area contributed by atoms with Gasteiger partial charge in [-0.3, -0.25) is 14.9 Å². The minimum Gasteiger partial charge on any atom is -0.472 e. The first-order valence-electron chi connectivity index (χ1n) is 6.37. The van der Waals surface area contributed by atoms with E-state index in [9.17, 15) is 14.9 Å². The number of hydrogen-bond acceptors (Lipinski definition) is 6. The van der Waals surface area contributed by atoms with Gasteiger partial charge >= 0.3 is 0 Å². The van der Waals surface area contributed by atoms with Crippen molar-refractivity contribution in [1.82, 2.24) is 9.55 Å². The van der Waals surface area contributed by atoms with Crippen LogP contribution in [0.2, 0.25) is 0 Å². The molecule has 0 atom stereocenters. The molecule has 0 N–H and O–H groups in total. The maximum Gasteiger partial charge on any atom is 0.288 e. The fraction of sp³-hybridized carbons (Fsp3) is 0.143. The first-order chi connectivity index (χ1) is 10.5. The average molecular weight is 317 g/mol. The van der Waals surface area contributed by atoms with Crippen molar-refractivity contribution in [2.45, 2.75) is 13.5 Å². The Labute approximate surface area is 128 Å². The lowest BCUT2D eigenvalue weighted by Crippen LogP contribution is -2.20. The van der Waals surface area contributed by atoms with Gasteiger partial charge in [-0.15, -0.1) is 11.3 Å². The Morgan fingerprint density at radius 2 is 2.32 bits per heavy atom. The van der Waals surface area contributed by atoms with E-state index in [1.165, 1.54) is 28.2 Å². The smallest absolute Gasteiger partial charge is 0.288 e. The second-order valence-electron chi connectivity index (χ2n) is 4.72. The van der Waals surface area contributed by atoms with E-state index in [4.69, 9.17) is 4.42 Å². The van der Waals surface area contributed by atoms with Gasteiger partial charge in [0, 0.05) is 22.6 Å². The lowest BCUT2D eigenvalue weighted by Gasteiger charge is -2.04. The minimum absolute atomic E-state index is 0.0788. The van der Waals surface area contributed by atoms with Crippen LogP contribution in [0.3, 0.4) is 0 Å². The fourth-order valence-electron chi connectivity index (χ4n) is 2.04. The summed E-state index contributed by atoms with van der Waals surface area (Å²) in [7, 11) is 0. The summed E-state index contributed by atoms with van der Waals surface area (Å²) < 4.78 is 6.30. The highest BCUT2D eigenvalue weighted by Gasteiger charge is 2.14. The van der Waals surface area contributed by atoms with Gasteiger partial charge in [0.25, 0.3) is 11.2 Å². The van der Waals surface area contributed by atoms with Crippen LogP contribution in [-0.4, -0.2) is 14.5 Å². The van der Waals surface area contributed by atoms with Gasteiger partial charge in [-0.1, -0.05) is 0 Å². The quantitative estimate of drug-likeness (QED) is 0.545. The summed E-state index contributed by atoms with van der Waals surface area (Å²) in [5.74, 6) is 0. The number of hydrogen-bond donors (Lipinski definition) is 0. The van der Waals surface area contributed by atoms with Crippen LogP contribution in [0.5, 0.6) is 0 Å². The van der Waals surface area contributed by atoms with Crippen molar-refractivity contribution in [3.05, 3.63) is 68.0 Å². The molecule has 3 aromatic heterocycles. The van der Waals surface area contributed by atoms with Crippen LogP contribution in [-0.2, 0) is 6.54 Å². The SMILES string of the molecule is Cc1cc(=O)n(Cc2csc(-c3ccoc3)n2)cc1[N+](=O)[O-]. The number of thiazole rings is 1. The van der Waals surface area contributed by atoms with Gasteiger partial charge < -0.3 is 8.98 Å². The first kappa shape index (κ1) is 14.2. The molecule has 0 spiro atoms. The fourth-order valence-corrected chi connectivity index (χ4v) is 2.84.